The van der Waals surface area contributed by atoms with E-state index in [1.165, 1.54) is 11.1 Å². The fraction of sp³-hybridized carbons (Fsp3) is 0.429. The Balaban J connectivity index is 2.59. The normalized spacial score (nSPS) is 25.1. The fourth-order valence-corrected chi connectivity index (χ4v) is 2.12. The molecule has 1 aliphatic rings. The van der Waals surface area contributed by atoms with E-state index in [4.69, 9.17) is 0 Å². The maximum atomic E-state index is 2.34. The predicted molar refractivity (Wildman–Crippen MR) is 62.3 cm³/mol. The van der Waals surface area contributed by atoms with Gasteiger partial charge in [0.1, 0.15) is 0 Å². The zero-order valence-electron chi connectivity index (χ0n) is 9.46. The third-order valence-electron chi connectivity index (χ3n) is 3.67. The highest BCUT2D eigenvalue weighted by molar-refractivity contribution is 5.65. The molecule has 1 atom stereocenters. The highest BCUT2D eigenvalue weighted by atomic mass is 14.4. The van der Waals surface area contributed by atoms with Gasteiger partial charge in [0, 0.05) is 5.41 Å². The number of fused-ring (bicyclic) bond motifs is 1. The van der Waals surface area contributed by atoms with Crippen LogP contribution >= 0.6 is 0 Å². The maximum Gasteiger partial charge on any atom is 0.0161 e. The summed E-state index contributed by atoms with van der Waals surface area (Å²) in [5.41, 5.74) is 3.30. The van der Waals surface area contributed by atoms with Crippen LogP contribution < -0.4 is 0 Å². The Kier molecular flexibility index (Phi) is 1.85. The molecule has 0 fully saturated rings. The van der Waals surface area contributed by atoms with Crippen LogP contribution in [0, 0.1) is 5.41 Å². The maximum absolute atomic E-state index is 2.34. The SMILES string of the molecule is CC(C)(C)C1(C)C=Cc2ccccc21. The van der Waals surface area contributed by atoms with Gasteiger partial charge in [-0.3, -0.25) is 0 Å². The molecule has 14 heavy (non-hydrogen) atoms. The Hall–Kier alpha value is -1.04. The van der Waals surface area contributed by atoms with Crippen molar-refractivity contribution >= 4 is 6.08 Å². The van der Waals surface area contributed by atoms with Gasteiger partial charge in [-0.15, -0.1) is 0 Å². The first-order valence-corrected chi connectivity index (χ1v) is 5.24. The van der Waals surface area contributed by atoms with Gasteiger partial charge in [0.25, 0.3) is 0 Å². The minimum absolute atomic E-state index is 0.184. The largest absolute Gasteiger partial charge is 0.0731 e. The molecule has 1 unspecified atom stereocenters. The van der Waals surface area contributed by atoms with Crippen molar-refractivity contribution in [3.05, 3.63) is 41.5 Å². The van der Waals surface area contributed by atoms with E-state index >= 15 is 0 Å². The number of hydrogen-bond donors (Lipinski definition) is 0. The summed E-state index contributed by atoms with van der Waals surface area (Å²) in [6, 6.07) is 8.69. The van der Waals surface area contributed by atoms with Gasteiger partial charge in [-0.05, 0) is 16.5 Å². The first-order valence-electron chi connectivity index (χ1n) is 5.24. The Labute approximate surface area is 86.7 Å². The zero-order chi connectivity index (χ0) is 10.4. The van der Waals surface area contributed by atoms with E-state index in [1.807, 2.05) is 0 Å². The van der Waals surface area contributed by atoms with Crippen molar-refractivity contribution in [2.24, 2.45) is 5.41 Å². The number of hydrogen-bond acceptors (Lipinski definition) is 0. The molecule has 0 aromatic heterocycles. The summed E-state index contributed by atoms with van der Waals surface area (Å²) in [6.07, 6.45) is 4.60. The van der Waals surface area contributed by atoms with Crippen molar-refractivity contribution < 1.29 is 0 Å². The molecule has 2 rings (SSSR count). The molecule has 0 aliphatic heterocycles. The van der Waals surface area contributed by atoms with Crippen LogP contribution in [0.25, 0.3) is 6.08 Å². The molecule has 0 radical (unpaired) electrons. The van der Waals surface area contributed by atoms with E-state index in [-0.39, 0.29) is 10.8 Å². The summed E-state index contributed by atoms with van der Waals surface area (Å²) in [4.78, 5) is 0. The second-order valence-corrected chi connectivity index (χ2v) is 5.37. The topological polar surface area (TPSA) is 0 Å². The molecule has 1 aliphatic carbocycles. The van der Waals surface area contributed by atoms with Crippen molar-refractivity contribution in [1.29, 1.82) is 0 Å². The summed E-state index contributed by atoms with van der Waals surface area (Å²) in [6.45, 7) is 9.24. The van der Waals surface area contributed by atoms with E-state index in [2.05, 4.69) is 64.1 Å². The lowest BCUT2D eigenvalue weighted by atomic mass is 9.65. The minimum atomic E-state index is 0.184. The monoisotopic (exact) mass is 186 g/mol. The second kappa shape index (κ2) is 2.73. The van der Waals surface area contributed by atoms with E-state index in [9.17, 15) is 0 Å². The van der Waals surface area contributed by atoms with Crippen molar-refractivity contribution in [2.75, 3.05) is 0 Å². The highest BCUT2D eigenvalue weighted by Crippen LogP contribution is 2.47. The van der Waals surface area contributed by atoms with E-state index in [0.29, 0.717) is 0 Å². The van der Waals surface area contributed by atoms with Gasteiger partial charge >= 0.3 is 0 Å². The highest BCUT2D eigenvalue weighted by Gasteiger charge is 2.40. The van der Waals surface area contributed by atoms with Gasteiger partial charge < -0.3 is 0 Å². The van der Waals surface area contributed by atoms with Crippen LogP contribution in [-0.2, 0) is 5.41 Å². The third-order valence-corrected chi connectivity index (χ3v) is 3.67. The van der Waals surface area contributed by atoms with Crippen LogP contribution in [0.1, 0.15) is 38.8 Å². The molecule has 0 saturated heterocycles. The molecule has 0 spiro atoms. The molecule has 0 heteroatoms. The average Bonchev–Trinajstić information content (AvgIpc) is 2.45. The number of allylic oxidation sites excluding steroid dienone is 1. The van der Waals surface area contributed by atoms with Crippen LogP contribution in [0.4, 0.5) is 0 Å². The van der Waals surface area contributed by atoms with Gasteiger partial charge in [0.15, 0.2) is 0 Å². The molecule has 0 bridgehead atoms. The van der Waals surface area contributed by atoms with Crippen LogP contribution in [-0.4, -0.2) is 0 Å². The quantitative estimate of drug-likeness (QED) is 0.574. The van der Waals surface area contributed by atoms with E-state index in [0.717, 1.165) is 0 Å². The fourth-order valence-electron chi connectivity index (χ4n) is 2.12. The second-order valence-electron chi connectivity index (χ2n) is 5.37. The predicted octanol–water partition coefficient (Wildman–Crippen LogP) is 4.02. The van der Waals surface area contributed by atoms with Crippen molar-refractivity contribution in [3.63, 3.8) is 0 Å². The van der Waals surface area contributed by atoms with Gasteiger partial charge in [-0.2, -0.15) is 0 Å². The molecule has 1 aromatic carbocycles. The third kappa shape index (κ3) is 1.13. The molecule has 0 heterocycles. The molecule has 0 N–H and O–H groups in total. The van der Waals surface area contributed by atoms with Crippen molar-refractivity contribution in [2.45, 2.75) is 33.1 Å². The van der Waals surface area contributed by atoms with Crippen LogP contribution in [0.15, 0.2) is 30.3 Å². The van der Waals surface area contributed by atoms with Crippen LogP contribution in [0.2, 0.25) is 0 Å². The van der Waals surface area contributed by atoms with Crippen LogP contribution in [0.5, 0.6) is 0 Å². The summed E-state index contributed by atoms with van der Waals surface area (Å²) < 4.78 is 0. The summed E-state index contributed by atoms with van der Waals surface area (Å²) >= 11 is 0. The first kappa shape index (κ1) is 9.51. The van der Waals surface area contributed by atoms with E-state index < -0.39 is 0 Å². The molecule has 74 valence electrons. The smallest absolute Gasteiger partial charge is 0.0161 e. The Bertz CT molecular complexity index is 379. The molecule has 0 nitrogen and oxygen atoms in total. The van der Waals surface area contributed by atoms with E-state index in [1.54, 1.807) is 0 Å². The molecular formula is C14H18. The minimum Gasteiger partial charge on any atom is -0.0731 e. The van der Waals surface area contributed by atoms with Gasteiger partial charge in [0.05, 0.1) is 0 Å². The average molecular weight is 186 g/mol. The van der Waals surface area contributed by atoms with Gasteiger partial charge in [0.2, 0.25) is 0 Å². The Morgan fingerprint density at radius 1 is 1.07 bits per heavy atom. The summed E-state index contributed by atoms with van der Waals surface area (Å²) in [7, 11) is 0. The summed E-state index contributed by atoms with van der Waals surface area (Å²) in [5, 5.41) is 0. The number of benzene rings is 1. The van der Waals surface area contributed by atoms with Gasteiger partial charge in [-0.1, -0.05) is 64.1 Å². The molecular weight excluding hydrogens is 168 g/mol. The lowest BCUT2D eigenvalue weighted by Gasteiger charge is -2.38. The summed E-state index contributed by atoms with van der Waals surface area (Å²) in [5.74, 6) is 0. The molecule has 1 aromatic rings. The lowest BCUT2D eigenvalue weighted by Crippen LogP contribution is -2.33. The number of rotatable bonds is 0. The van der Waals surface area contributed by atoms with Crippen LogP contribution in [0.3, 0.4) is 0 Å². The van der Waals surface area contributed by atoms with Gasteiger partial charge in [-0.25, -0.2) is 0 Å². The van der Waals surface area contributed by atoms with Crippen molar-refractivity contribution in [3.8, 4) is 0 Å². The Morgan fingerprint density at radius 2 is 1.71 bits per heavy atom. The standard InChI is InChI=1S/C14H18/c1-13(2,3)14(4)10-9-11-7-5-6-8-12(11)14/h5-10H,1-4H3. The first-order chi connectivity index (χ1) is 6.45. The molecule has 0 amide bonds. The Morgan fingerprint density at radius 3 is 2.36 bits per heavy atom. The van der Waals surface area contributed by atoms with Crippen molar-refractivity contribution in [1.82, 2.24) is 0 Å². The lowest BCUT2D eigenvalue weighted by molar-refractivity contribution is 0.262. The zero-order valence-corrected chi connectivity index (χ0v) is 9.46. The molecule has 0 saturated carbocycles.